The van der Waals surface area contributed by atoms with E-state index in [1.165, 1.54) is 6.07 Å². The number of sulfonamides is 1. The van der Waals surface area contributed by atoms with Crippen LogP contribution in [0.2, 0.25) is 0 Å². The number of ether oxygens (including phenoxy) is 2. The van der Waals surface area contributed by atoms with E-state index in [9.17, 15) is 8.42 Å². The molecular weight excluding hydrogens is 526 g/mol. The fourth-order valence-corrected chi connectivity index (χ4v) is 4.91. The van der Waals surface area contributed by atoms with Gasteiger partial charge >= 0.3 is 0 Å². The molecule has 0 spiro atoms. The first kappa shape index (κ1) is 24.8. The zero-order valence-corrected chi connectivity index (χ0v) is 21.3. The fourth-order valence-electron chi connectivity index (χ4n) is 2.93. The summed E-state index contributed by atoms with van der Waals surface area (Å²) in [6.07, 6.45) is 0. The second-order valence-electron chi connectivity index (χ2n) is 6.72. The van der Waals surface area contributed by atoms with Crippen molar-refractivity contribution in [3.05, 3.63) is 71.2 Å². The molecule has 0 bridgehead atoms. The molecule has 0 radical (unpaired) electrons. The van der Waals surface area contributed by atoms with Crippen molar-refractivity contribution in [3.8, 4) is 11.5 Å². The summed E-state index contributed by atoms with van der Waals surface area (Å²) < 4.78 is 40.1. The van der Waals surface area contributed by atoms with Crippen LogP contribution in [-0.4, -0.2) is 26.7 Å². The van der Waals surface area contributed by atoms with E-state index in [2.05, 4.69) is 31.3 Å². The van der Waals surface area contributed by atoms with Gasteiger partial charge in [-0.2, -0.15) is 0 Å². The molecule has 0 aromatic heterocycles. The fraction of sp³-hybridized carbons (Fsp3) is 0.174. The highest BCUT2D eigenvalue weighted by molar-refractivity contribution is 9.10. The first-order valence-electron chi connectivity index (χ1n) is 10.2. The van der Waals surface area contributed by atoms with Gasteiger partial charge in [0.25, 0.3) is 10.0 Å². The van der Waals surface area contributed by atoms with Crippen molar-refractivity contribution in [2.45, 2.75) is 18.7 Å². The molecule has 3 aromatic rings. The van der Waals surface area contributed by atoms with E-state index >= 15 is 0 Å². The van der Waals surface area contributed by atoms with E-state index in [0.717, 1.165) is 5.69 Å². The van der Waals surface area contributed by atoms with Crippen LogP contribution in [0.5, 0.6) is 11.5 Å². The smallest absolute Gasteiger partial charge is 0.265 e. The van der Waals surface area contributed by atoms with E-state index in [1.807, 2.05) is 31.2 Å². The van der Waals surface area contributed by atoms with Gasteiger partial charge in [-0.1, -0.05) is 28.1 Å². The Bertz CT molecular complexity index is 1220. The zero-order chi connectivity index (χ0) is 23.8. The van der Waals surface area contributed by atoms with Gasteiger partial charge < -0.3 is 20.1 Å². The number of rotatable bonds is 9. The van der Waals surface area contributed by atoms with E-state index in [1.54, 1.807) is 43.3 Å². The molecule has 7 nitrogen and oxygen atoms in total. The van der Waals surface area contributed by atoms with Crippen molar-refractivity contribution in [3.63, 3.8) is 0 Å². The Kier molecular flexibility index (Phi) is 8.54. The molecule has 10 heteroatoms. The zero-order valence-electron chi connectivity index (χ0n) is 18.1. The van der Waals surface area contributed by atoms with Gasteiger partial charge in [0, 0.05) is 15.8 Å². The average molecular weight is 551 g/mol. The van der Waals surface area contributed by atoms with E-state index < -0.39 is 10.0 Å². The first-order valence-corrected chi connectivity index (χ1v) is 12.9. The van der Waals surface area contributed by atoms with Crippen LogP contribution in [0, 0.1) is 0 Å². The predicted molar refractivity (Wildman–Crippen MR) is 140 cm³/mol. The summed E-state index contributed by atoms with van der Waals surface area (Å²) in [5.41, 5.74) is 1.85. The Morgan fingerprint density at radius 2 is 1.52 bits per heavy atom. The third kappa shape index (κ3) is 6.83. The number of thiocarbonyl (C=S) groups is 1. The molecule has 0 heterocycles. The number of anilines is 3. The van der Waals surface area contributed by atoms with Gasteiger partial charge in [-0.3, -0.25) is 4.72 Å². The van der Waals surface area contributed by atoms with Crippen LogP contribution in [0.25, 0.3) is 0 Å². The van der Waals surface area contributed by atoms with Crippen LogP contribution in [0.15, 0.2) is 76.1 Å². The maximum atomic E-state index is 12.9. The van der Waals surface area contributed by atoms with Crippen LogP contribution in [0.4, 0.5) is 17.1 Å². The van der Waals surface area contributed by atoms with Crippen LogP contribution in [0.1, 0.15) is 13.8 Å². The molecule has 0 aliphatic rings. The van der Waals surface area contributed by atoms with Crippen LogP contribution in [-0.2, 0) is 10.0 Å². The van der Waals surface area contributed by atoms with E-state index in [0.29, 0.717) is 39.9 Å². The van der Waals surface area contributed by atoms with Crippen molar-refractivity contribution in [1.29, 1.82) is 0 Å². The van der Waals surface area contributed by atoms with E-state index in [4.69, 9.17) is 21.7 Å². The molecule has 0 unspecified atom stereocenters. The summed E-state index contributed by atoms with van der Waals surface area (Å²) >= 11 is 8.70. The molecule has 174 valence electrons. The van der Waals surface area contributed by atoms with Crippen molar-refractivity contribution in [1.82, 2.24) is 0 Å². The summed E-state index contributed by atoms with van der Waals surface area (Å²) in [5, 5.41) is 6.56. The summed E-state index contributed by atoms with van der Waals surface area (Å²) in [4.78, 5) is 0.0549. The molecule has 33 heavy (non-hydrogen) atoms. The number of para-hydroxylation sites is 2. The monoisotopic (exact) mass is 549 g/mol. The highest BCUT2D eigenvalue weighted by Crippen LogP contribution is 2.29. The van der Waals surface area contributed by atoms with Crippen molar-refractivity contribution in [2.24, 2.45) is 0 Å². The van der Waals surface area contributed by atoms with Gasteiger partial charge in [-0.25, -0.2) is 8.42 Å². The summed E-state index contributed by atoms with van der Waals surface area (Å²) in [7, 11) is -3.85. The minimum atomic E-state index is -3.85. The van der Waals surface area contributed by atoms with Crippen LogP contribution < -0.4 is 24.8 Å². The lowest BCUT2D eigenvalue weighted by molar-refractivity contribution is 0.331. The molecule has 0 aliphatic carbocycles. The maximum absolute atomic E-state index is 12.9. The summed E-state index contributed by atoms with van der Waals surface area (Å²) in [5.74, 6) is 0.989. The van der Waals surface area contributed by atoms with Gasteiger partial charge in [0.15, 0.2) is 5.11 Å². The van der Waals surface area contributed by atoms with Gasteiger partial charge in [-0.15, -0.1) is 0 Å². The Morgan fingerprint density at radius 1 is 0.879 bits per heavy atom. The molecule has 3 N–H and O–H groups in total. The summed E-state index contributed by atoms with van der Waals surface area (Å²) in [6, 6.07) is 19.1. The Morgan fingerprint density at radius 3 is 2.21 bits per heavy atom. The van der Waals surface area contributed by atoms with Crippen LogP contribution >= 0.6 is 28.1 Å². The van der Waals surface area contributed by atoms with Gasteiger partial charge in [-0.05, 0) is 80.7 Å². The second kappa shape index (κ2) is 11.4. The Hall–Kier alpha value is -2.82. The second-order valence-corrected chi connectivity index (χ2v) is 9.69. The largest absolute Gasteiger partial charge is 0.492 e. The minimum absolute atomic E-state index is 0.0549. The molecule has 3 aromatic carbocycles. The number of hydrogen-bond acceptors (Lipinski definition) is 5. The molecule has 3 rings (SSSR count). The predicted octanol–water partition coefficient (Wildman–Crippen LogP) is 5.86. The number of nitrogens with one attached hydrogen (secondary N) is 3. The third-order valence-corrected chi connectivity index (χ3v) is 6.43. The lowest BCUT2D eigenvalue weighted by atomic mass is 10.3. The van der Waals surface area contributed by atoms with Gasteiger partial charge in [0.2, 0.25) is 0 Å². The third-order valence-electron chi connectivity index (χ3n) is 4.33. The SMILES string of the molecule is CCOc1ccccc1NC(=S)Nc1ccc(NS(=O)(=O)c2cc(Br)ccc2OCC)cc1. The highest BCUT2D eigenvalue weighted by atomic mass is 79.9. The molecular formula is C23H24BrN3O4S2. The van der Waals surface area contributed by atoms with Gasteiger partial charge in [0.1, 0.15) is 16.4 Å². The molecule has 0 saturated carbocycles. The Labute approximate surface area is 207 Å². The molecule has 0 atom stereocenters. The van der Waals surface area contributed by atoms with E-state index in [-0.39, 0.29) is 10.6 Å². The van der Waals surface area contributed by atoms with Crippen LogP contribution in [0.3, 0.4) is 0 Å². The maximum Gasteiger partial charge on any atom is 0.265 e. The highest BCUT2D eigenvalue weighted by Gasteiger charge is 2.20. The standard InChI is InChI=1S/C23H24BrN3O4S2/c1-3-30-20-8-6-5-7-19(20)26-23(32)25-17-10-12-18(13-11-17)27-33(28,29)22-15-16(24)9-14-21(22)31-4-2/h5-15,27H,3-4H2,1-2H3,(H2,25,26,32). The van der Waals surface area contributed by atoms with Crippen molar-refractivity contribution >= 4 is 60.3 Å². The summed E-state index contributed by atoms with van der Waals surface area (Å²) in [6.45, 7) is 4.61. The minimum Gasteiger partial charge on any atom is -0.492 e. The molecule has 0 amide bonds. The first-order chi connectivity index (χ1) is 15.8. The topological polar surface area (TPSA) is 88.7 Å². The Balaban J connectivity index is 1.68. The molecule has 0 aliphatic heterocycles. The lowest BCUT2D eigenvalue weighted by Gasteiger charge is -2.15. The van der Waals surface area contributed by atoms with Gasteiger partial charge in [0.05, 0.1) is 18.9 Å². The quantitative estimate of drug-likeness (QED) is 0.288. The van der Waals surface area contributed by atoms with Crippen molar-refractivity contribution in [2.75, 3.05) is 28.6 Å². The average Bonchev–Trinajstić information content (AvgIpc) is 2.78. The number of hydrogen-bond donors (Lipinski definition) is 3. The molecule has 0 saturated heterocycles. The number of halogens is 1. The molecule has 0 fully saturated rings. The lowest BCUT2D eigenvalue weighted by Crippen LogP contribution is -2.19. The number of benzene rings is 3. The normalized spacial score (nSPS) is 10.9. The van der Waals surface area contributed by atoms with Crippen molar-refractivity contribution < 1.29 is 17.9 Å².